The van der Waals surface area contributed by atoms with E-state index in [0.717, 1.165) is 17.9 Å². The van der Waals surface area contributed by atoms with Gasteiger partial charge in [0.05, 0.1) is 0 Å². The molecule has 0 aliphatic carbocycles. The molecule has 6 heteroatoms. The molecule has 1 fully saturated rings. The van der Waals surface area contributed by atoms with Crippen molar-refractivity contribution in [1.29, 1.82) is 0 Å². The molecule has 2 N–H and O–H groups in total. The van der Waals surface area contributed by atoms with Gasteiger partial charge in [-0.3, -0.25) is 4.79 Å². The summed E-state index contributed by atoms with van der Waals surface area (Å²) in [5, 5.41) is 11.8. The molecule has 1 amide bonds. The number of amides is 1. The molecule has 1 aromatic heterocycles. The number of nitrogens with one attached hydrogen (secondary N) is 1. The third kappa shape index (κ3) is 2.69. The van der Waals surface area contributed by atoms with Crippen LogP contribution >= 0.6 is 11.8 Å². The number of carbonyl (C=O) groups is 2. The summed E-state index contributed by atoms with van der Waals surface area (Å²) in [6.07, 6.45) is 1.40. The summed E-state index contributed by atoms with van der Waals surface area (Å²) in [4.78, 5) is 22.9. The van der Waals surface area contributed by atoms with E-state index in [4.69, 9.17) is 9.52 Å². The molecule has 0 saturated carbocycles. The fourth-order valence-corrected chi connectivity index (χ4v) is 3.04. The molecule has 1 aromatic rings. The van der Waals surface area contributed by atoms with Crippen LogP contribution in [0.5, 0.6) is 0 Å². The first-order chi connectivity index (χ1) is 8.61. The molecule has 0 aromatic carbocycles. The van der Waals surface area contributed by atoms with Gasteiger partial charge in [-0.2, -0.15) is 11.8 Å². The highest BCUT2D eigenvalue weighted by Gasteiger charge is 2.23. The Morgan fingerprint density at radius 2 is 2.39 bits per heavy atom. The minimum absolute atomic E-state index is 0.0726. The molecule has 0 bridgehead atoms. The first kappa shape index (κ1) is 13.0. The molecule has 1 unspecified atom stereocenters. The standard InChI is InChI=1S/C12H15NO4S/c1-2-9-8(12(15)16)5-10(17-9)11(14)13-7-3-4-18-6-7/h5,7H,2-4,6H2,1H3,(H,13,14)(H,15,16). The van der Waals surface area contributed by atoms with Crippen molar-refractivity contribution in [2.45, 2.75) is 25.8 Å². The van der Waals surface area contributed by atoms with Crippen molar-refractivity contribution < 1.29 is 19.1 Å². The van der Waals surface area contributed by atoms with Crippen LogP contribution in [0.25, 0.3) is 0 Å². The first-order valence-electron chi connectivity index (χ1n) is 5.86. The third-order valence-corrected chi connectivity index (χ3v) is 4.01. The van der Waals surface area contributed by atoms with Crippen molar-refractivity contribution in [3.63, 3.8) is 0 Å². The van der Waals surface area contributed by atoms with Gasteiger partial charge in [-0.15, -0.1) is 0 Å². The second kappa shape index (κ2) is 5.48. The van der Waals surface area contributed by atoms with Crippen molar-refractivity contribution in [3.05, 3.63) is 23.2 Å². The monoisotopic (exact) mass is 269 g/mol. The largest absolute Gasteiger partial charge is 0.478 e. The maximum atomic E-state index is 11.9. The Morgan fingerprint density at radius 3 is 2.89 bits per heavy atom. The smallest absolute Gasteiger partial charge is 0.339 e. The van der Waals surface area contributed by atoms with Crippen LogP contribution < -0.4 is 5.32 Å². The highest BCUT2D eigenvalue weighted by molar-refractivity contribution is 7.99. The summed E-state index contributed by atoms with van der Waals surface area (Å²) in [5.41, 5.74) is 0.0726. The van der Waals surface area contributed by atoms with Gasteiger partial charge in [0, 0.05) is 24.3 Å². The Balaban J connectivity index is 2.12. The predicted octanol–water partition coefficient (Wildman–Crippen LogP) is 1.78. The van der Waals surface area contributed by atoms with Crippen molar-refractivity contribution in [1.82, 2.24) is 5.32 Å². The Morgan fingerprint density at radius 1 is 1.61 bits per heavy atom. The predicted molar refractivity (Wildman–Crippen MR) is 68.2 cm³/mol. The first-order valence-corrected chi connectivity index (χ1v) is 7.02. The van der Waals surface area contributed by atoms with Crippen LogP contribution in [0, 0.1) is 0 Å². The lowest BCUT2D eigenvalue weighted by Gasteiger charge is -2.08. The zero-order chi connectivity index (χ0) is 13.1. The SMILES string of the molecule is CCc1oc(C(=O)NC2CCSC2)cc1C(=O)O. The molecule has 1 atom stereocenters. The molecule has 1 aliphatic rings. The van der Waals surface area contributed by atoms with Crippen LogP contribution in [0.3, 0.4) is 0 Å². The number of hydrogen-bond donors (Lipinski definition) is 2. The van der Waals surface area contributed by atoms with Gasteiger partial charge in [0.15, 0.2) is 5.76 Å². The lowest BCUT2D eigenvalue weighted by atomic mass is 10.2. The fourth-order valence-electron chi connectivity index (χ4n) is 1.89. The molecule has 1 saturated heterocycles. The van der Waals surface area contributed by atoms with Crippen molar-refractivity contribution in [3.8, 4) is 0 Å². The van der Waals surface area contributed by atoms with E-state index in [0.29, 0.717) is 12.2 Å². The van der Waals surface area contributed by atoms with Gasteiger partial charge in [0.1, 0.15) is 11.3 Å². The van der Waals surface area contributed by atoms with Gasteiger partial charge in [-0.05, 0) is 12.2 Å². The number of rotatable bonds is 4. The number of aryl methyl sites for hydroxylation is 1. The molecule has 1 aliphatic heterocycles. The van der Waals surface area contributed by atoms with E-state index in [2.05, 4.69) is 5.32 Å². The van der Waals surface area contributed by atoms with Crippen molar-refractivity contribution in [2.75, 3.05) is 11.5 Å². The molecule has 18 heavy (non-hydrogen) atoms. The lowest BCUT2D eigenvalue weighted by molar-refractivity contribution is 0.0694. The van der Waals surface area contributed by atoms with E-state index in [9.17, 15) is 9.59 Å². The summed E-state index contributed by atoms with van der Waals surface area (Å²) >= 11 is 1.80. The number of carbonyl (C=O) groups excluding carboxylic acids is 1. The number of furan rings is 1. The van der Waals surface area contributed by atoms with Gasteiger partial charge in [0.25, 0.3) is 5.91 Å². The molecule has 2 rings (SSSR count). The van der Waals surface area contributed by atoms with Gasteiger partial charge in [-0.25, -0.2) is 4.79 Å². The summed E-state index contributed by atoms with van der Waals surface area (Å²) in [5.74, 6) is 0.980. The molecule has 98 valence electrons. The normalized spacial score (nSPS) is 18.8. The summed E-state index contributed by atoms with van der Waals surface area (Å²) in [6.45, 7) is 1.79. The van der Waals surface area contributed by atoms with E-state index in [1.54, 1.807) is 18.7 Å². The molecule has 0 radical (unpaired) electrons. The average Bonchev–Trinajstić information content (AvgIpc) is 2.96. The minimum atomic E-state index is -1.06. The van der Waals surface area contributed by atoms with Gasteiger partial charge in [0.2, 0.25) is 0 Å². The van der Waals surface area contributed by atoms with Gasteiger partial charge >= 0.3 is 5.97 Å². The lowest BCUT2D eigenvalue weighted by Crippen LogP contribution is -2.34. The zero-order valence-corrected chi connectivity index (χ0v) is 10.9. The maximum Gasteiger partial charge on any atom is 0.339 e. The molecule has 2 heterocycles. The maximum absolute atomic E-state index is 11.9. The van der Waals surface area contributed by atoms with E-state index < -0.39 is 5.97 Å². The second-order valence-electron chi connectivity index (χ2n) is 4.14. The Labute approximate surface area is 109 Å². The zero-order valence-electron chi connectivity index (χ0n) is 10.1. The van der Waals surface area contributed by atoms with Gasteiger partial charge in [-0.1, -0.05) is 6.92 Å². The van der Waals surface area contributed by atoms with Crippen molar-refractivity contribution in [2.24, 2.45) is 0 Å². The van der Waals surface area contributed by atoms with Crippen LogP contribution in [0.4, 0.5) is 0 Å². The highest BCUT2D eigenvalue weighted by Crippen LogP contribution is 2.19. The summed E-state index contributed by atoms with van der Waals surface area (Å²) in [7, 11) is 0. The van der Waals surface area contributed by atoms with E-state index in [-0.39, 0.29) is 23.3 Å². The Bertz CT molecular complexity index is 463. The van der Waals surface area contributed by atoms with E-state index in [1.165, 1.54) is 6.07 Å². The minimum Gasteiger partial charge on any atom is -0.478 e. The Kier molecular flexibility index (Phi) is 3.96. The number of aromatic carboxylic acids is 1. The number of thioether (sulfide) groups is 1. The quantitative estimate of drug-likeness (QED) is 0.871. The number of carboxylic acids is 1. The van der Waals surface area contributed by atoms with Crippen LogP contribution in [-0.4, -0.2) is 34.5 Å². The second-order valence-corrected chi connectivity index (χ2v) is 5.29. The van der Waals surface area contributed by atoms with Gasteiger partial charge < -0.3 is 14.8 Å². The highest BCUT2D eigenvalue weighted by atomic mass is 32.2. The average molecular weight is 269 g/mol. The van der Waals surface area contributed by atoms with Crippen LogP contribution in [-0.2, 0) is 6.42 Å². The van der Waals surface area contributed by atoms with E-state index in [1.807, 2.05) is 0 Å². The molecular weight excluding hydrogens is 254 g/mol. The fraction of sp³-hybridized carbons (Fsp3) is 0.500. The summed E-state index contributed by atoms with van der Waals surface area (Å²) < 4.78 is 5.30. The molecule has 0 spiro atoms. The Hall–Kier alpha value is -1.43. The van der Waals surface area contributed by atoms with Crippen LogP contribution in [0.1, 0.15) is 40.0 Å². The van der Waals surface area contributed by atoms with Crippen molar-refractivity contribution >= 4 is 23.6 Å². The topological polar surface area (TPSA) is 79.5 Å². The van der Waals surface area contributed by atoms with E-state index >= 15 is 0 Å². The van der Waals surface area contributed by atoms with Crippen LogP contribution in [0.2, 0.25) is 0 Å². The molecule has 5 nitrogen and oxygen atoms in total. The third-order valence-electron chi connectivity index (χ3n) is 2.85. The van der Waals surface area contributed by atoms with Crippen LogP contribution in [0.15, 0.2) is 10.5 Å². The number of hydrogen-bond acceptors (Lipinski definition) is 4. The molecular formula is C12H15NO4S. The summed E-state index contributed by atoms with van der Waals surface area (Å²) in [6, 6.07) is 1.46. The number of carboxylic acid groups (broad SMARTS) is 1.